The molecule has 1 heterocycles. The number of hydrogen-bond donors (Lipinski definition) is 1. The van der Waals surface area contributed by atoms with Crippen LogP contribution in [-0.4, -0.2) is 23.5 Å². The Labute approximate surface area is 86.5 Å². The van der Waals surface area contributed by atoms with Gasteiger partial charge in [-0.05, 0) is 24.6 Å². The number of carboxylic acid groups (broad SMARTS) is 1. The second-order valence-corrected chi connectivity index (χ2v) is 3.50. The fraction of sp³-hybridized carbons (Fsp3) is 0.273. The normalized spacial score (nSPS) is 14.3. The van der Waals surface area contributed by atoms with Crippen molar-refractivity contribution >= 4 is 11.8 Å². The molecular weight excluding hydrogens is 196 g/mol. The van der Waals surface area contributed by atoms with Crippen molar-refractivity contribution in [2.24, 2.45) is 0 Å². The van der Waals surface area contributed by atoms with Crippen molar-refractivity contribution in [3.8, 4) is 5.75 Å². The second kappa shape index (κ2) is 3.38. The van der Waals surface area contributed by atoms with E-state index >= 15 is 0 Å². The van der Waals surface area contributed by atoms with E-state index in [0.29, 0.717) is 29.9 Å². The van der Waals surface area contributed by atoms with Crippen molar-refractivity contribution in [2.45, 2.75) is 13.3 Å². The molecule has 15 heavy (non-hydrogen) atoms. The van der Waals surface area contributed by atoms with Crippen molar-refractivity contribution in [1.29, 1.82) is 0 Å². The number of benzene rings is 1. The zero-order valence-corrected chi connectivity index (χ0v) is 8.24. The molecule has 0 radical (unpaired) electrons. The fourth-order valence-corrected chi connectivity index (χ4v) is 1.68. The van der Waals surface area contributed by atoms with Crippen LogP contribution in [0.3, 0.4) is 0 Å². The van der Waals surface area contributed by atoms with Crippen LogP contribution in [-0.2, 0) is 0 Å². The summed E-state index contributed by atoms with van der Waals surface area (Å²) in [6.45, 7) is 2.11. The molecule has 4 heteroatoms. The molecule has 1 aliphatic heterocycles. The molecule has 1 aliphatic rings. The lowest BCUT2D eigenvalue weighted by molar-refractivity contribution is 0.0696. The minimum atomic E-state index is -1.03. The van der Waals surface area contributed by atoms with Crippen LogP contribution in [0.1, 0.15) is 32.7 Å². The Bertz CT molecular complexity index is 448. The lowest BCUT2D eigenvalue weighted by Crippen LogP contribution is -2.17. The molecule has 0 aliphatic carbocycles. The Morgan fingerprint density at radius 3 is 2.87 bits per heavy atom. The predicted molar refractivity (Wildman–Crippen MR) is 52.6 cm³/mol. The van der Waals surface area contributed by atoms with E-state index in [1.54, 1.807) is 6.92 Å². The van der Waals surface area contributed by atoms with Gasteiger partial charge in [0.25, 0.3) is 0 Å². The van der Waals surface area contributed by atoms with E-state index < -0.39 is 5.97 Å². The molecule has 0 saturated heterocycles. The van der Waals surface area contributed by atoms with Crippen LogP contribution in [0.25, 0.3) is 0 Å². The van der Waals surface area contributed by atoms with Gasteiger partial charge in [-0.25, -0.2) is 4.79 Å². The first-order valence-electron chi connectivity index (χ1n) is 4.63. The zero-order valence-electron chi connectivity index (χ0n) is 8.24. The number of rotatable bonds is 1. The molecule has 0 atom stereocenters. The molecule has 0 unspecified atom stereocenters. The van der Waals surface area contributed by atoms with Gasteiger partial charge in [-0.1, -0.05) is 0 Å². The number of aryl methyl sites for hydroxylation is 1. The minimum absolute atomic E-state index is 0.0533. The number of Topliss-reactive ketones (excluding diaryl/α,β-unsaturated/α-hetero) is 1. The number of fused-ring (bicyclic) bond motifs is 1. The largest absolute Gasteiger partial charge is 0.492 e. The fourth-order valence-electron chi connectivity index (χ4n) is 1.68. The minimum Gasteiger partial charge on any atom is -0.492 e. The average molecular weight is 206 g/mol. The maximum Gasteiger partial charge on any atom is 0.335 e. The summed E-state index contributed by atoms with van der Waals surface area (Å²) in [6.07, 6.45) is 0.315. The third-order valence-electron chi connectivity index (χ3n) is 2.40. The quantitative estimate of drug-likeness (QED) is 0.758. The number of carboxylic acids is 1. The van der Waals surface area contributed by atoms with Crippen molar-refractivity contribution in [1.82, 2.24) is 0 Å². The van der Waals surface area contributed by atoms with E-state index in [9.17, 15) is 9.59 Å². The Morgan fingerprint density at radius 2 is 2.20 bits per heavy atom. The van der Waals surface area contributed by atoms with Gasteiger partial charge in [-0.15, -0.1) is 0 Å². The predicted octanol–water partition coefficient (Wildman–Crippen LogP) is 1.66. The molecule has 1 N–H and O–H groups in total. The Kier molecular flexibility index (Phi) is 2.19. The second-order valence-electron chi connectivity index (χ2n) is 3.50. The summed E-state index contributed by atoms with van der Waals surface area (Å²) in [5.74, 6) is -0.557. The third kappa shape index (κ3) is 1.58. The van der Waals surface area contributed by atoms with Gasteiger partial charge in [0.05, 0.1) is 17.7 Å². The van der Waals surface area contributed by atoms with Gasteiger partial charge in [0.2, 0.25) is 0 Å². The Hall–Kier alpha value is -1.84. The number of ketones is 1. The Balaban J connectivity index is 2.61. The molecule has 1 aromatic carbocycles. The van der Waals surface area contributed by atoms with Crippen molar-refractivity contribution in [3.63, 3.8) is 0 Å². The van der Waals surface area contributed by atoms with E-state index in [0.717, 1.165) is 0 Å². The number of carbonyl (C=O) groups is 2. The number of hydrogen-bond acceptors (Lipinski definition) is 3. The van der Waals surface area contributed by atoms with Crippen LogP contribution < -0.4 is 4.74 Å². The highest BCUT2D eigenvalue weighted by atomic mass is 16.5. The first kappa shape index (κ1) is 9.71. The van der Waals surface area contributed by atoms with E-state index in [-0.39, 0.29) is 11.3 Å². The molecule has 0 bridgehead atoms. The summed E-state index contributed by atoms with van der Waals surface area (Å²) < 4.78 is 5.35. The molecular formula is C11H10O4. The van der Waals surface area contributed by atoms with E-state index in [1.165, 1.54) is 12.1 Å². The van der Waals surface area contributed by atoms with Crippen LogP contribution in [0.2, 0.25) is 0 Å². The lowest BCUT2D eigenvalue weighted by atomic mass is 9.98. The monoisotopic (exact) mass is 206 g/mol. The molecule has 0 saturated carbocycles. The summed E-state index contributed by atoms with van der Waals surface area (Å²) >= 11 is 0. The summed E-state index contributed by atoms with van der Waals surface area (Å²) in [7, 11) is 0. The van der Waals surface area contributed by atoms with Crippen molar-refractivity contribution in [3.05, 3.63) is 28.8 Å². The first-order valence-corrected chi connectivity index (χ1v) is 4.63. The highest BCUT2D eigenvalue weighted by molar-refractivity contribution is 6.02. The number of carbonyl (C=O) groups excluding carboxylic acids is 1. The summed E-state index contributed by atoms with van der Waals surface area (Å²) in [6, 6.07) is 2.89. The highest BCUT2D eigenvalue weighted by Gasteiger charge is 2.22. The van der Waals surface area contributed by atoms with Gasteiger partial charge >= 0.3 is 5.97 Å². The molecule has 1 aromatic rings. The summed E-state index contributed by atoms with van der Waals surface area (Å²) in [4.78, 5) is 22.3. The molecule has 78 valence electrons. The first-order chi connectivity index (χ1) is 7.09. The average Bonchev–Trinajstić information content (AvgIpc) is 2.19. The van der Waals surface area contributed by atoms with Crippen molar-refractivity contribution in [2.75, 3.05) is 6.61 Å². The standard InChI is InChI=1S/C11H10O4/c1-6-4-7(11(13)14)5-8-9(12)2-3-15-10(6)8/h4-5H,2-3H2,1H3,(H,13,14). The van der Waals surface area contributed by atoms with Crippen LogP contribution >= 0.6 is 0 Å². The van der Waals surface area contributed by atoms with Gasteiger partial charge in [-0.3, -0.25) is 4.79 Å². The van der Waals surface area contributed by atoms with Gasteiger partial charge in [0.15, 0.2) is 5.78 Å². The molecule has 0 amide bonds. The molecule has 0 aromatic heterocycles. The molecule has 4 nitrogen and oxygen atoms in total. The molecule has 0 fully saturated rings. The van der Waals surface area contributed by atoms with Gasteiger partial charge in [-0.2, -0.15) is 0 Å². The Morgan fingerprint density at radius 1 is 1.47 bits per heavy atom. The van der Waals surface area contributed by atoms with Crippen molar-refractivity contribution < 1.29 is 19.4 Å². The smallest absolute Gasteiger partial charge is 0.335 e. The summed E-state index contributed by atoms with van der Waals surface area (Å²) in [5.41, 5.74) is 1.21. The van der Waals surface area contributed by atoms with E-state index in [1.807, 2.05) is 0 Å². The lowest BCUT2D eigenvalue weighted by Gasteiger charge is -2.18. The van der Waals surface area contributed by atoms with Gasteiger partial charge in [0.1, 0.15) is 5.75 Å². The van der Waals surface area contributed by atoms with Crippen LogP contribution in [0.15, 0.2) is 12.1 Å². The third-order valence-corrected chi connectivity index (χ3v) is 2.40. The maximum atomic E-state index is 11.5. The highest BCUT2D eigenvalue weighted by Crippen LogP contribution is 2.29. The van der Waals surface area contributed by atoms with Crippen LogP contribution in [0.5, 0.6) is 5.75 Å². The van der Waals surface area contributed by atoms with Crippen LogP contribution in [0, 0.1) is 6.92 Å². The SMILES string of the molecule is Cc1cc(C(=O)O)cc2c1OCCC2=O. The van der Waals surface area contributed by atoms with E-state index in [2.05, 4.69) is 0 Å². The van der Waals surface area contributed by atoms with E-state index in [4.69, 9.17) is 9.84 Å². The molecule has 0 spiro atoms. The van der Waals surface area contributed by atoms with Gasteiger partial charge < -0.3 is 9.84 Å². The van der Waals surface area contributed by atoms with Gasteiger partial charge in [0, 0.05) is 6.42 Å². The summed E-state index contributed by atoms with van der Waals surface area (Å²) in [5, 5.41) is 8.84. The maximum absolute atomic E-state index is 11.5. The topological polar surface area (TPSA) is 63.6 Å². The zero-order chi connectivity index (χ0) is 11.0. The molecule has 2 rings (SSSR count). The van der Waals surface area contributed by atoms with Crippen LogP contribution in [0.4, 0.5) is 0 Å². The number of aromatic carboxylic acids is 1. The number of ether oxygens (including phenoxy) is 1.